The molecule has 9 N–H and O–H groups in total. The number of ether oxygens (including phenoxy) is 3. The predicted molar refractivity (Wildman–Crippen MR) is 217 cm³/mol. The summed E-state index contributed by atoms with van der Waals surface area (Å²) in [6.45, 7) is -0.201. The third kappa shape index (κ3) is 12.3. The Labute approximate surface area is 367 Å². The fraction of sp³-hybridized carbons (Fsp3) is 0.629. The van der Waals surface area contributed by atoms with Crippen LogP contribution in [0.2, 0.25) is 0 Å². The lowest BCUT2D eigenvalue weighted by Gasteiger charge is -2.35. The summed E-state index contributed by atoms with van der Waals surface area (Å²) in [6.07, 6.45) is -5.67. The molecule has 9 atom stereocenters. The standard InChI is InChI=1S/C35H50F2N10O16P2/c1-3-4-6-24(48)44(2)20(7-11-45-10-5-9-35(36,37)16-45)32(50)62-27-21(61-31(26(27)49)47-19-42-25-29(39)40-18-41-30(25)47)13-60-65(56,57)63-28-22(14-59-64(53,54)55)58-17-34(28,52)15-46-12-8-23(38)43-33(46)51/h3,8,12,18-22,26-28,31,49,52H,1,4-7,9-11,13-17H2,2H3,(H,56,57)(H2,38,43,51)(H2,39,40,41)(H2,53,54,55)/t20-,21?,22?,26+,27+,28+,31+,34+/m0/s1. The number of aromatic nitrogens is 6. The molecule has 0 radical (unpaired) electrons. The van der Waals surface area contributed by atoms with E-state index in [9.17, 15) is 57.2 Å². The molecule has 0 saturated carbocycles. The van der Waals surface area contributed by atoms with Gasteiger partial charge in [-0.1, -0.05) is 6.08 Å². The van der Waals surface area contributed by atoms with Gasteiger partial charge in [0, 0.05) is 32.6 Å². The van der Waals surface area contributed by atoms with Crippen LogP contribution in [0.5, 0.6) is 0 Å². The molecule has 30 heteroatoms. The van der Waals surface area contributed by atoms with Crippen LogP contribution in [-0.4, -0.2) is 170 Å². The number of fused-ring (bicyclic) bond motifs is 1. The number of carbonyl (C=O) groups is 2. The largest absolute Gasteiger partial charge is 0.472 e. The van der Waals surface area contributed by atoms with E-state index in [1.54, 1.807) is 0 Å². The van der Waals surface area contributed by atoms with E-state index in [4.69, 9.17) is 34.7 Å². The number of hydrogen-bond donors (Lipinski definition) is 7. The molecule has 1 amide bonds. The van der Waals surface area contributed by atoms with Crippen LogP contribution in [0.4, 0.5) is 20.4 Å². The molecule has 0 aromatic carbocycles. The Morgan fingerprint density at radius 1 is 1.15 bits per heavy atom. The lowest BCUT2D eigenvalue weighted by Crippen LogP contribution is -2.51. The number of amides is 1. The first kappa shape index (κ1) is 50.0. The summed E-state index contributed by atoms with van der Waals surface area (Å²) in [6, 6.07) is -0.191. The zero-order valence-corrected chi connectivity index (χ0v) is 36.5. The van der Waals surface area contributed by atoms with Crippen molar-refractivity contribution < 1.29 is 80.2 Å². The Hall–Kier alpha value is -4.41. The highest BCUT2D eigenvalue weighted by atomic mass is 31.2. The van der Waals surface area contributed by atoms with Crippen molar-refractivity contribution in [2.45, 2.75) is 93.0 Å². The number of likely N-dealkylation sites (N-methyl/N-ethyl adjacent to an activating group) is 1. The van der Waals surface area contributed by atoms with Crippen LogP contribution in [0.3, 0.4) is 0 Å². The average Bonchev–Trinajstić information content (AvgIpc) is 3.89. The second-order valence-corrected chi connectivity index (χ2v) is 18.4. The number of nitrogen functional groups attached to an aromatic ring is 2. The van der Waals surface area contributed by atoms with Gasteiger partial charge >= 0.3 is 27.3 Å². The van der Waals surface area contributed by atoms with Gasteiger partial charge in [-0.05, 0) is 31.9 Å². The highest BCUT2D eigenvalue weighted by Crippen LogP contribution is 2.50. The number of carbonyl (C=O) groups excluding carboxylic acids is 2. The molecular weight excluding hydrogens is 916 g/mol. The molecule has 3 aromatic heterocycles. The van der Waals surface area contributed by atoms with Crippen LogP contribution in [0.25, 0.3) is 11.2 Å². The summed E-state index contributed by atoms with van der Waals surface area (Å²) < 4.78 is 88.6. The van der Waals surface area contributed by atoms with Crippen molar-refractivity contribution in [2.24, 2.45) is 0 Å². The Bertz CT molecular complexity index is 2360. The maximum Gasteiger partial charge on any atom is 0.472 e. The molecule has 3 aliphatic heterocycles. The number of phosphoric ester groups is 2. The number of piperidine rings is 1. The first-order chi connectivity index (χ1) is 30.5. The van der Waals surface area contributed by atoms with Crippen LogP contribution >= 0.6 is 15.6 Å². The molecule has 0 aliphatic carbocycles. The highest BCUT2D eigenvalue weighted by molar-refractivity contribution is 7.47. The van der Waals surface area contributed by atoms with E-state index >= 15 is 0 Å². The minimum Gasteiger partial charge on any atom is -0.455 e. The van der Waals surface area contributed by atoms with Gasteiger partial charge in [0.25, 0.3) is 5.92 Å². The lowest BCUT2D eigenvalue weighted by atomic mass is 9.96. The number of nitrogens with two attached hydrogens (primary N) is 2. The van der Waals surface area contributed by atoms with Gasteiger partial charge in [-0.3, -0.25) is 32.4 Å². The number of anilines is 2. The van der Waals surface area contributed by atoms with E-state index in [0.29, 0.717) is 6.54 Å². The van der Waals surface area contributed by atoms with Crippen LogP contribution < -0.4 is 17.2 Å². The Morgan fingerprint density at radius 2 is 1.89 bits per heavy atom. The number of rotatable bonds is 20. The van der Waals surface area contributed by atoms with Gasteiger partial charge in [-0.15, -0.1) is 6.58 Å². The highest BCUT2D eigenvalue weighted by Gasteiger charge is 2.55. The number of likely N-dealkylation sites (tertiary alicyclic amines) is 1. The molecule has 0 bridgehead atoms. The predicted octanol–water partition coefficient (Wildman–Crippen LogP) is -0.926. The summed E-state index contributed by atoms with van der Waals surface area (Å²) in [5, 5.41) is 23.5. The summed E-state index contributed by atoms with van der Waals surface area (Å²) >= 11 is 0. The van der Waals surface area contributed by atoms with Gasteiger partial charge < -0.3 is 55.5 Å². The number of phosphoric acid groups is 2. The molecule has 360 valence electrons. The van der Waals surface area contributed by atoms with Crippen molar-refractivity contribution in [2.75, 3.05) is 58.0 Å². The zero-order chi connectivity index (χ0) is 47.5. The molecular formula is C35H50F2N10O16P2. The molecule has 6 rings (SSSR count). The molecule has 3 fully saturated rings. The van der Waals surface area contributed by atoms with Gasteiger partial charge in [-0.25, -0.2) is 42.5 Å². The first-order valence-electron chi connectivity index (χ1n) is 20.0. The molecule has 3 unspecified atom stereocenters. The lowest BCUT2D eigenvalue weighted by molar-refractivity contribution is -0.166. The number of nitrogens with zero attached hydrogens (tertiary/aromatic N) is 8. The van der Waals surface area contributed by atoms with Gasteiger partial charge in [0.2, 0.25) is 5.91 Å². The van der Waals surface area contributed by atoms with Crippen molar-refractivity contribution in [1.82, 2.24) is 38.9 Å². The van der Waals surface area contributed by atoms with Crippen molar-refractivity contribution in [3.05, 3.63) is 48.1 Å². The van der Waals surface area contributed by atoms with Crippen LogP contribution in [0, 0.1) is 0 Å². The van der Waals surface area contributed by atoms with Gasteiger partial charge in [0.1, 0.15) is 53.7 Å². The summed E-state index contributed by atoms with van der Waals surface area (Å²) in [5.41, 5.74) is 8.30. The third-order valence-corrected chi connectivity index (χ3v) is 12.4. The summed E-state index contributed by atoms with van der Waals surface area (Å²) in [4.78, 5) is 88.0. The van der Waals surface area contributed by atoms with Crippen LogP contribution in [0.15, 0.2) is 42.4 Å². The normalized spacial score (nSPS) is 27.3. The van der Waals surface area contributed by atoms with E-state index in [1.807, 2.05) is 0 Å². The van der Waals surface area contributed by atoms with Crippen LogP contribution in [-0.2, 0) is 53.0 Å². The van der Waals surface area contributed by atoms with Crippen molar-refractivity contribution in [1.29, 1.82) is 0 Å². The molecule has 6 heterocycles. The second kappa shape index (κ2) is 20.2. The number of aliphatic hydroxyl groups excluding tert-OH is 1. The zero-order valence-electron chi connectivity index (χ0n) is 34.7. The molecule has 65 heavy (non-hydrogen) atoms. The maximum absolute atomic E-state index is 14.3. The minimum absolute atomic E-state index is 0.0428. The SMILES string of the molecule is C=CCCC(=O)N(C)[C@@H](CCN1CCCC(F)(F)C1)C(=O)O[C@@H]1C(COP(=O)(O)O[C@@H]2C(COP(=O)(O)O)OC[C@]2(O)Cn2ccc(N)nc2=O)O[C@@H](n2cnc3c(N)ncnc32)[C@@H]1O. The van der Waals surface area contributed by atoms with Gasteiger partial charge in [0.15, 0.2) is 23.8 Å². The van der Waals surface area contributed by atoms with Gasteiger partial charge in [0.05, 0.1) is 39.2 Å². The Morgan fingerprint density at radius 3 is 2.58 bits per heavy atom. The van der Waals surface area contributed by atoms with Crippen molar-refractivity contribution >= 4 is 50.3 Å². The summed E-state index contributed by atoms with van der Waals surface area (Å²) in [7, 11) is -9.36. The minimum atomic E-state index is -5.50. The topological polar surface area (TPSA) is 362 Å². The smallest absolute Gasteiger partial charge is 0.455 e. The van der Waals surface area contributed by atoms with E-state index in [1.165, 1.54) is 35.0 Å². The molecule has 0 spiro atoms. The van der Waals surface area contributed by atoms with E-state index in [2.05, 4.69) is 31.0 Å². The molecule has 26 nitrogen and oxygen atoms in total. The average molecular weight is 967 g/mol. The van der Waals surface area contributed by atoms with E-state index in [0.717, 1.165) is 22.0 Å². The summed E-state index contributed by atoms with van der Waals surface area (Å²) in [5.74, 6) is -4.80. The quantitative estimate of drug-likeness (QED) is 0.0409. The molecule has 3 saturated heterocycles. The fourth-order valence-electron chi connectivity index (χ4n) is 7.66. The third-order valence-electron chi connectivity index (χ3n) is 10.9. The van der Waals surface area contributed by atoms with Crippen molar-refractivity contribution in [3.8, 4) is 0 Å². The Balaban J connectivity index is 1.26. The van der Waals surface area contributed by atoms with Crippen LogP contribution in [0.1, 0.15) is 38.3 Å². The van der Waals surface area contributed by atoms with E-state index in [-0.39, 0.29) is 61.4 Å². The maximum atomic E-state index is 14.3. The Kier molecular flexibility index (Phi) is 15.6. The van der Waals surface area contributed by atoms with Crippen molar-refractivity contribution in [3.63, 3.8) is 0 Å². The number of esters is 1. The number of imidazole rings is 1. The molecule has 3 aliphatic rings. The number of hydrogen-bond acceptors (Lipinski definition) is 20. The number of alkyl halides is 2. The second-order valence-electron chi connectivity index (χ2n) is 15.7. The van der Waals surface area contributed by atoms with Gasteiger partial charge in [-0.2, -0.15) is 4.98 Å². The van der Waals surface area contributed by atoms with E-state index < -0.39 is 120 Å². The monoisotopic (exact) mass is 966 g/mol. The number of allylic oxidation sites excluding steroid dienone is 1. The number of halogens is 2. The first-order valence-corrected chi connectivity index (χ1v) is 23.0. The number of aliphatic hydroxyl groups is 2. The fourth-order valence-corrected chi connectivity index (χ4v) is 9.02. The molecule has 3 aromatic rings.